The minimum Gasteiger partial charge on any atom is -0.456 e. The Morgan fingerprint density at radius 2 is 2.05 bits per heavy atom. The molecule has 0 aliphatic rings. The molecule has 0 saturated carbocycles. The number of hydrogen-bond donors (Lipinski definition) is 2. The van der Waals surface area contributed by atoms with Crippen LogP contribution in [0.5, 0.6) is 0 Å². The third kappa shape index (κ3) is 3.73. The van der Waals surface area contributed by atoms with Crippen LogP contribution in [0.3, 0.4) is 0 Å². The lowest BCUT2D eigenvalue weighted by Gasteiger charge is -2.17. The molecular formula is C17H21NO3. The zero-order valence-corrected chi connectivity index (χ0v) is 12.4. The fraction of sp³-hybridized carbons (Fsp3) is 0.353. The Kier molecular flexibility index (Phi) is 5.17. The summed E-state index contributed by atoms with van der Waals surface area (Å²) in [6.45, 7) is 3.94. The van der Waals surface area contributed by atoms with E-state index < -0.39 is 0 Å². The number of furan rings is 1. The largest absolute Gasteiger partial charge is 0.456 e. The van der Waals surface area contributed by atoms with E-state index in [2.05, 4.69) is 5.32 Å². The quantitative estimate of drug-likeness (QED) is 0.858. The van der Waals surface area contributed by atoms with Gasteiger partial charge in [-0.25, -0.2) is 0 Å². The van der Waals surface area contributed by atoms with Gasteiger partial charge in [0.1, 0.15) is 5.76 Å². The predicted octanol–water partition coefficient (Wildman–Crippen LogP) is 3.00. The summed E-state index contributed by atoms with van der Waals surface area (Å²) in [5.41, 5.74) is 1.96. The van der Waals surface area contributed by atoms with E-state index in [9.17, 15) is 9.90 Å². The third-order valence-electron chi connectivity index (χ3n) is 3.49. The van der Waals surface area contributed by atoms with E-state index in [0.717, 1.165) is 23.3 Å². The molecule has 1 unspecified atom stereocenters. The minimum atomic E-state index is -0.250. The molecule has 0 aliphatic heterocycles. The molecule has 1 amide bonds. The van der Waals surface area contributed by atoms with Gasteiger partial charge in [-0.3, -0.25) is 4.79 Å². The Balaban J connectivity index is 2.14. The molecule has 0 saturated heterocycles. The second-order valence-electron chi connectivity index (χ2n) is 5.02. The van der Waals surface area contributed by atoms with Crippen LogP contribution < -0.4 is 5.32 Å². The Morgan fingerprint density at radius 3 is 2.62 bits per heavy atom. The average Bonchev–Trinajstić information content (AvgIpc) is 2.89. The SMILES string of the molecule is CCc1oc(C(=O)NC(CCO)c2ccccc2)cc1C. The molecule has 2 aromatic rings. The first-order valence-corrected chi connectivity index (χ1v) is 7.21. The first-order valence-electron chi connectivity index (χ1n) is 7.21. The molecule has 1 aromatic heterocycles. The highest BCUT2D eigenvalue weighted by Crippen LogP contribution is 2.19. The fourth-order valence-electron chi connectivity index (χ4n) is 2.35. The topological polar surface area (TPSA) is 62.5 Å². The number of hydrogen-bond acceptors (Lipinski definition) is 3. The van der Waals surface area contributed by atoms with Crippen molar-refractivity contribution in [2.45, 2.75) is 32.7 Å². The van der Waals surface area contributed by atoms with Crippen molar-refractivity contribution in [3.8, 4) is 0 Å². The van der Waals surface area contributed by atoms with Crippen molar-refractivity contribution in [3.05, 3.63) is 59.0 Å². The van der Waals surface area contributed by atoms with Gasteiger partial charge < -0.3 is 14.8 Å². The highest BCUT2D eigenvalue weighted by Gasteiger charge is 2.18. The summed E-state index contributed by atoms with van der Waals surface area (Å²) in [5, 5.41) is 12.1. The van der Waals surface area contributed by atoms with Gasteiger partial charge >= 0.3 is 0 Å². The van der Waals surface area contributed by atoms with Crippen LogP contribution in [0.1, 0.15) is 46.8 Å². The molecule has 4 nitrogen and oxygen atoms in total. The standard InChI is InChI=1S/C17H21NO3/c1-3-15-12(2)11-16(21-15)17(20)18-14(9-10-19)13-7-5-4-6-8-13/h4-8,11,14,19H,3,9-10H2,1-2H3,(H,18,20). The molecule has 21 heavy (non-hydrogen) atoms. The molecule has 1 aromatic carbocycles. The monoisotopic (exact) mass is 287 g/mol. The lowest BCUT2D eigenvalue weighted by Crippen LogP contribution is -2.28. The van der Waals surface area contributed by atoms with Crippen LogP contribution in [0.25, 0.3) is 0 Å². The van der Waals surface area contributed by atoms with Gasteiger partial charge in [-0.2, -0.15) is 0 Å². The second kappa shape index (κ2) is 7.09. The molecule has 0 aliphatic carbocycles. The summed E-state index contributed by atoms with van der Waals surface area (Å²) < 4.78 is 5.57. The van der Waals surface area contributed by atoms with E-state index in [1.807, 2.05) is 44.2 Å². The van der Waals surface area contributed by atoms with Crippen molar-refractivity contribution >= 4 is 5.91 Å². The number of carbonyl (C=O) groups is 1. The van der Waals surface area contributed by atoms with Gasteiger partial charge in [-0.1, -0.05) is 37.3 Å². The van der Waals surface area contributed by atoms with Crippen LogP contribution in [-0.4, -0.2) is 17.6 Å². The molecule has 2 N–H and O–H groups in total. The van der Waals surface area contributed by atoms with E-state index in [1.165, 1.54) is 0 Å². The maximum atomic E-state index is 12.3. The zero-order chi connectivity index (χ0) is 15.2. The summed E-state index contributed by atoms with van der Waals surface area (Å²) >= 11 is 0. The molecule has 1 heterocycles. The summed E-state index contributed by atoms with van der Waals surface area (Å²) in [7, 11) is 0. The van der Waals surface area contributed by atoms with E-state index in [4.69, 9.17) is 4.42 Å². The van der Waals surface area contributed by atoms with E-state index in [-0.39, 0.29) is 18.6 Å². The number of amides is 1. The number of carbonyl (C=O) groups excluding carboxylic acids is 1. The Bertz CT molecular complexity index is 589. The summed E-state index contributed by atoms with van der Waals surface area (Å²) in [6, 6.07) is 11.2. The molecular weight excluding hydrogens is 266 g/mol. The Labute approximate surface area is 124 Å². The summed E-state index contributed by atoms with van der Waals surface area (Å²) in [4.78, 5) is 12.3. The maximum absolute atomic E-state index is 12.3. The van der Waals surface area contributed by atoms with Crippen LogP contribution in [0.2, 0.25) is 0 Å². The fourth-order valence-corrected chi connectivity index (χ4v) is 2.35. The van der Waals surface area contributed by atoms with Crippen molar-refractivity contribution in [2.24, 2.45) is 0 Å². The highest BCUT2D eigenvalue weighted by molar-refractivity contribution is 5.92. The number of nitrogens with one attached hydrogen (secondary N) is 1. The van der Waals surface area contributed by atoms with Gasteiger partial charge in [0.25, 0.3) is 5.91 Å². The lowest BCUT2D eigenvalue weighted by atomic mass is 10.0. The van der Waals surface area contributed by atoms with Crippen molar-refractivity contribution in [1.82, 2.24) is 5.32 Å². The second-order valence-corrected chi connectivity index (χ2v) is 5.02. The number of aryl methyl sites for hydroxylation is 2. The molecule has 2 rings (SSSR count). The van der Waals surface area contributed by atoms with Gasteiger partial charge in [0.05, 0.1) is 6.04 Å². The van der Waals surface area contributed by atoms with E-state index >= 15 is 0 Å². The molecule has 0 bridgehead atoms. The molecule has 0 fully saturated rings. The van der Waals surface area contributed by atoms with Crippen LogP contribution >= 0.6 is 0 Å². The van der Waals surface area contributed by atoms with Crippen LogP contribution in [0.15, 0.2) is 40.8 Å². The maximum Gasteiger partial charge on any atom is 0.287 e. The Morgan fingerprint density at radius 1 is 1.33 bits per heavy atom. The zero-order valence-electron chi connectivity index (χ0n) is 12.4. The number of aliphatic hydroxyl groups is 1. The third-order valence-corrected chi connectivity index (χ3v) is 3.49. The number of rotatable bonds is 6. The van der Waals surface area contributed by atoms with Crippen molar-refractivity contribution < 1.29 is 14.3 Å². The van der Waals surface area contributed by atoms with Crippen LogP contribution in [-0.2, 0) is 6.42 Å². The smallest absolute Gasteiger partial charge is 0.287 e. The van der Waals surface area contributed by atoms with Gasteiger partial charge in [0.15, 0.2) is 5.76 Å². The summed E-state index contributed by atoms with van der Waals surface area (Å²) in [6.07, 6.45) is 1.23. The Hall–Kier alpha value is -2.07. The van der Waals surface area contributed by atoms with Gasteiger partial charge in [0.2, 0.25) is 0 Å². The highest BCUT2D eigenvalue weighted by atomic mass is 16.4. The van der Waals surface area contributed by atoms with Crippen LogP contribution in [0, 0.1) is 6.92 Å². The van der Waals surface area contributed by atoms with Gasteiger partial charge in [-0.15, -0.1) is 0 Å². The van der Waals surface area contributed by atoms with Gasteiger partial charge in [0, 0.05) is 13.0 Å². The predicted molar refractivity (Wildman–Crippen MR) is 81.2 cm³/mol. The minimum absolute atomic E-state index is 0.0111. The molecule has 112 valence electrons. The van der Waals surface area contributed by atoms with Crippen molar-refractivity contribution in [3.63, 3.8) is 0 Å². The molecule has 0 radical (unpaired) electrons. The first-order chi connectivity index (χ1) is 10.2. The first kappa shape index (κ1) is 15.3. The molecule has 0 spiro atoms. The van der Waals surface area contributed by atoms with Crippen molar-refractivity contribution in [1.29, 1.82) is 0 Å². The van der Waals surface area contributed by atoms with E-state index in [0.29, 0.717) is 12.2 Å². The van der Waals surface area contributed by atoms with Gasteiger partial charge in [-0.05, 0) is 30.5 Å². The number of benzene rings is 1. The normalized spacial score (nSPS) is 12.1. The summed E-state index contributed by atoms with van der Waals surface area (Å²) in [5.74, 6) is 0.905. The average molecular weight is 287 g/mol. The van der Waals surface area contributed by atoms with E-state index in [1.54, 1.807) is 6.07 Å². The lowest BCUT2D eigenvalue weighted by molar-refractivity contribution is 0.0900. The number of aliphatic hydroxyl groups excluding tert-OH is 1. The van der Waals surface area contributed by atoms with Crippen molar-refractivity contribution in [2.75, 3.05) is 6.61 Å². The molecule has 4 heteroatoms. The molecule has 1 atom stereocenters. The van der Waals surface area contributed by atoms with Crippen LogP contribution in [0.4, 0.5) is 0 Å².